The summed E-state index contributed by atoms with van der Waals surface area (Å²) in [7, 11) is 0. The zero-order valence-electron chi connectivity index (χ0n) is 7.88. The molecule has 2 heteroatoms. The van der Waals surface area contributed by atoms with Gasteiger partial charge in [-0.25, -0.2) is 8.78 Å². The molecule has 0 N–H and O–H groups in total. The number of hydrogen-bond acceptors (Lipinski definition) is 0. The summed E-state index contributed by atoms with van der Waals surface area (Å²) in [6.07, 6.45) is 1.07. The predicted octanol–water partition coefficient (Wildman–Crippen LogP) is 3.65. The minimum atomic E-state index is -1.23. The summed E-state index contributed by atoms with van der Waals surface area (Å²) in [5, 5.41) is 0. The Kier molecular flexibility index (Phi) is 3.46. The van der Waals surface area contributed by atoms with Gasteiger partial charge in [-0.15, -0.1) is 0 Å². The van der Waals surface area contributed by atoms with Crippen LogP contribution in [-0.4, -0.2) is 11.3 Å². The molecule has 0 aliphatic heterocycles. The van der Waals surface area contributed by atoms with Gasteiger partial charge in [0.15, 0.2) is 0 Å². The highest BCUT2D eigenvalue weighted by molar-refractivity contribution is 4.76. The van der Waals surface area contributed by atoms with Gasteiger partial charge in [-0.2, -0.15) is 0 Å². The first-order valence-corrected chi connectivity index (χ1v) is 4.15. The van der Waals surface area contributed by atoms with Gasteiger partial charge in [-0.05, 0) is 40.0 Å². The standard InChI is InChI=1S/C9H18F2/c1-5-9(4,11)7-6-8(2,3)10/h5-7H2,1-4H3. The molecule has 11 heavy (non-hydrogen) atoms. The molecule has 68 valence electrons. The fourth-order valence-electron chi connectivity index (χ4n) is 0.735. The van der Waals surface area contributed by atoms with E-state index in [2.05, 4.69) is 0 Å². The molecule has 0 rings (SSSR count). The van der Waals surface area contributed by atoms with E-state index in [0.717, 1.165) is 0 Å². The number of halogens is 2. The highest BCUT2D eigenvalue weighted by Crippen LogP contribution is 2.26. The second-order valence-electron chi connectivity index (χ2n) is 3.99. The lowest BCUT2D eigenvalue weighted by atomic mass is 9.93. The number of rotatable bonds is 4. The van der Waals surface area contributed by atoms with E-state index in [1.54, 1.807) is 6.92 Å². The van der Waals surface area contributed by atoms with Crippen LogP contribution in [0.1, 0.15) is 47.0 Å². The first-order chi connectivity index (χ1) is 4.77. The average Bonchev–Trinajstić information content (AvgIpc) is 1.83. The second-order valence-corrected chi connectivity index (χ2v) is 3.99. The van der Waals surface area contributed by atoms with Gasteiger partial charge in [0, 0.05) is 0 Å². The van der Waals surface area contributed by atoms with E-state index in [1.165, 1.54) is 20.8 Å². The first kappa shape index (κ1) is 10.9. The van der Waals surface area contributed by atoms with Gasteiger partial charge >= 0.3 is 0 Å². The summed E-state index contributed by atoms with van der Waals surface area (Å²) >= 11 is 0. The van der Waals surface area contributed by atoms with Crippen LogP contribution in [0.3, 0.4) is 0 Å². The summed E-state index contributed by atoms with van der Waals surface area (Å²) in [6.45, 7) is 6.28. The van der Waals surface area contributed by atoms with Crippen LogP contribution in [0.4, 0.5) is 8.78 Å². The van der Waals surface area contributed by atoms with Crippen molar-refractivity contribution in [3.63, 3.8) is 0 Å². The molecular weight excluding hydrogens is 146 g/mol. The minimum Gasteiger partial charge on any atom is -0.244 e. The molecule has 0 saturated heterocycles. The van der Waals surface area contributed by atoms with Gasteiger partial charge in [0.05, 0.1) is 0 Å². The quantitative estimate of drug-likeness (QED) is 0.595. The molecule has 0 amide bonds. The summed E-state index contributed by atoms with van der Waals surface area (Å²) < 4.78 is 26.1. The van der Waals surface area contributed by atoms with E-state index in [0.29, 0.717) is 19.3 Å². The van der Waals surface area contributed by atoms with Crippen LogP contribution in [0.5, 0.6) is 0 Å². The SMILES string of the molecule is CCC(C)(F)CCC(C)(C)F. The van der Waals surface area contributed by atoms with Crippen LogP contribution in [0.2, 0.25) is 0 Å². The van der Waals surface area contributed by atoms with Crippen molar-refractivity contribution in [2.24, 2.45) is 0 Å². The zero-order valence-corrected chi connectivity index (χ0v) is 7.88. The molecule has 0 aliphatic carbocycles. The lowest BCUT2D eigenvalue weighted by molar-refractivity contribution is 0.117. The van der Waals surface area contributed by atoms with E-state index in [1.807, 2.05) is 0 Å². The highest BCUT2D eigenvalue weighted by Gasteiger charge is 2.25. The van der Waals surface area contributed by atoms with Gasteiger partial charge in [-0.1, -0.05) is 6.92 Å². The molecule has 0 heterocycles. The Bertz CT molecular complexity index is 111. The monoisotopic (exact) mass is 164 g/mol. The van der Waals surface area contributed by atoms with Crippen molar-refractivity contribution < 1.29 is 8.78 Å². The van der Waals surface area contributed by atoms with E-state index < -0.39 is 11.3 Å². The topological polar surface area (TPSA) is 0 Å². The molecular formula is C9H18F2. The van der Waals surface area contributed by atoms with Gasteiger partial charge < -0.3 is 0 Å². The zero-order chi connectivity index (χ0) is 9.12. The fraction of sp³-hybridized carbons (Fsp3) is 1.00. The third kappa shape index (κ3) is 6.27. The van der Waals surface area contributed by atoms with Crippen LogP contribution < -0.4 is 0 Å². The highest BCUT2D eigenvalue weighted by atomic mass is 19.1. The Labute approximate surface area is 68.0 Å². The third-order valence-corrected chi connectivity index (χ3v) is 1.98. The molecule has 0 fully saturated rings. The van der Waals surface area contributed by atoms with Gasteiger partial charge in [-0.3, -0.25) is 0 Å². The Morgan fingerprint density at radius 3 is 1.73 bits per heavy atom. The summed E-state index contributed by atoms with van der Waals surface area (Å²) in [6, 6.07) is 0. The normalized spacial score (nSPS) is 18.0. The Balaban J connectivity index is 3.70. The molecule has 1 atom stereocenters. The maximum absolute atomic E-state index is 13.2. The molecule has 0 radical (unpaired) electrons. The van der Waals surface area contributed by atoms with Crippen molar-refractivity contribution in [1.82, 2.24) is 0 Å². The van der Waals surface area contributed by atoms with E-state index in [4.69, 9.17) is 0 Å². The van der Waals surface area contributed by atoms with E-state index in [9.17, 15) is 8.78 Å². The van der Waals surface area contributed by atoms with Crippen LogP contribution in [-0.2, 0) is 0 Å². The average molecular weight is 164 g/mol. The molecule has 0 spiro atoms. The Hall–Kier alpha value is -0.140. The molecule has 0 bridgehead atoms. The largest absolute Gasteiger partial charge is 0.244 e. The molecule has 1 unspecified atom stereocenters. The lowest BCUT2D eigenvalue weighted by Gasteiger charge is -2.21. The summed E-state index contributed by atoms with van der Waals surface area (Å²) in [5.74, 6) is 0. The predicted molar refractivity (Wildman–Crippen MR) is 44.2 cm³/mol. The first-order valence-electron chi connectivity index (χ1n) is 4.15. The van der Waals surface area contributed by atoms with Crippen molar-refractivity contribution in [3.8, 4) is 0 Å². The molecule has 0 nitrogen and oxygen atoms in total. The fourth-order valence-corrected chi connectivity index (χ4v) is 0.735. The van der Waals surface area contributed by atoms with E-state index in [-0.39, 0.29) is 0 Å². The second kappa shape index (κ2) is 3.51. The maximum atomic E-state index is 13.2. The molecule has 0 saturated carbocycles. The van der Waals surface area contributed by atoms with Crippen LogP contribution in [0.25, 0.3) is 0 Å². The van der Waals surface area contributed by atoms with Crippen molar-refractivity contribution in [2.75, 3.05) is 0 Å². The number of hydrogen-bond donors (Lipinski definition) is 0. The minimum absolute atomic E-state index is 0.299. The molecule has 0 aromatic carbocycles. The number of alkyl halides is 2. The summed E-state index contributed by atoms with van der Waals surface area (Å²) in [5.41, 5.74) is -2.42. The van der Waals surface area contributed by atoms with Crippen molar-refractivity contribution in [3.05, 3.63) is 0 Å². The Morgan fingerprint density at radius 2 is 1.45 bits per heavy atom. The maximum Gasteiger partial charge on any atom is 0.108 e. The lowest BCUT2D eigenvalue weighted by Crippen LogP contribution is -2.22. The van der Waals surface area contributed by atoms with E-state index >= 15 is 0 Å². The van der Waals surface area contributed by atoms with Crippen molar-refractivity contribution in [2.45, 2.75) is 58.3 Å². The van der Waals surface area contributed by atoms with Crippen LogP contribution in [0.15, 0.2) is 0 Å². The van der Waals surface area contributed by atoms with Gasteiger partial charge in [0.2, 0.25) is 0 Å². The molecule has 0 aliphatic rings. The third-order valence-electron chi connectivity index (χ3n) is 1.98. The van der Waals surface area contributed by atoms with Gasteiger partial charge in [0.1, 0.15) is 11.3 Å². The van der Waals surface area contributed by atoms with Crippen LogP contribution >= 0.6 is 0 Å². The smallest absolute Gasteiger partial charge is 0.108 e. The Morgan fingerprint density at radius 1 is 1.00 bits per heavy atom. The van der Waals surface area contributed by atoms with Crippen molar-refractivity contribution >= 4 is 0 Å². The summed E-state index contributed by atoms with van der Waals surface area (Å²) in [4.78, 5) is 0. The molecule has 0 aromatic heterocycles. The van der Waals surface area contributed by atoms with Gasteiger partial charge in [0.25, 0.3) is 0 Å². The van der Waals surface area contributed by atoms with Crippen molar-refractivity contribution in [1.29, 1.82) is 0 Å². The van der Waals surface area contributed by atoms with Crippen LogP contribution in [0, 0.1) is 0 Å². The molecule has 0 aromatic rings.